The van der Waals surface area contributed by atoms with E-state index in [1.165, 1.54) is 13.8 Å². The first-order valence-corrected chi connectivity index (χ1v) is 17.2. The highest BCUT2D eigenvalue weighted by Crippen LogP contribution is 2.58. The Hall–Kier alpha value is -4.08. The summed E-state index contributed by atoms with van der Waals surface area (Å²) in [7, 11) is 0. The predicted molar refractivity (Wildman–Crippen MR) is 181 cm³/mol. The lowest BCUT2D eigenvalue weighted by Gasteiger charge is -2.37. The molecule has 7 rings (SSSR count). The average Bonchev–Trinajstić information content (AvgIpc) is 3.50. The maximum atomic E-state index is 16.3. The Labute approximate surface area is 281 Å². The Morgan fingerprint density at radius 2 is 1.77 bits per heavy atom. The van der Waals surface area contributed by atoms with Crippen molar-refractivity contribution in [1.29, 1.82) is 0 Å². The molecule has 3 amide bonds. The minimum atomic E-state index is -1.75. The van der Waals surface area contributed by atoms with E-state index < -0.39 is 35.3 Å². The van der Waals surface area contributed by atoms with Gasteiger partial charge in [0.15, 0.2) is 5.60 Å². The van der Waals surface area contributed by atoms with Crippen molar-refractivity contribution in [2.75, 3.05) is 23.0 Å². The second-order valence-corrected chi connectivity index (χ2v) is 14.4. The van der Waals surface area contributed by atoms with Crippen LogP contribution in [0.5, 0.6) is 0 Å². The number of carbonyl (C=O) groups is 3. The number of para-hydroxylation sites is 1. The fourth-order valence-corrected chi connectivity index (χ4v) is 8.77. The normalized spacial score (nSPS) is 27.1. The van der Waals surface area contributed by atoms with Crippen LogP contribution in [-0.4, -0.2) is 58.7 Å². The first-order chi connectivity index (χ1) is 23.0. The highest BCUT2D eigenvalue weighted by Gasteiger charge is 2.66. The van der Waals surface area contributed by atoms with E-state index in [0.29, 0.717) is 37.2 Å². The zero-order valence-electron chi connectivity index (χ0n) is 27.9. The topological polar surface area (TPSA) is 90.4 Å². The van der Waals surface area contributed by atoms with Crippen LogP contribution in [0, 0.1) is 11.8 Å². The van der Waals surface area contributed by atoms with Crippen molar-refractivity contribution in [3.8, 4) is 0 Å². The number of amides is 3. The quantitative estimate of drug-likeness (QED) is 0.355. The van der Waals surface area contributed by atoms with Crippen LogP contribution in [0.25, 0.3) is 0 Å². The molecule has 0 saturated carbocycles. The van der Waals surface area contributed by atoms with Gasteiger partial charge >= 0.3 is 0 Å². The van der Waals surface area contributed by atoms with Crippen molar-refractivity contribution in [2.24, 2.45) is 11.8 Å². The summed E-state index contributed by atoms with van der Waals surface area (Å²) < 4.78 is 23.1. The number of aliphatic hydroxyl groups excluding tert-OH is 1. The smallest absolute Gasteiger partial charge is 0.264 e. The molecule has 1 spiro atoms. The summed E-state index contributed by atoms with van der Waals surface area (Å²) in [6.45, 7) is 5.96. The number of carbonyl (C=O) groups excluding carboxylic acids is 3. The van der Waals surface area contributed by atoms with Gasteiger partial charge in [0.25, 0.3) is 5.91 Å². The fraction of sp³-hybridized carbons (Fsp3) is 0.462. The SMILES string of the molecule is C[C@@H]1[C@@H](C(C)(C)F)[C@H](CC(=O)N2Cc3ccccc3C[C@H]2CO)O[C@@]12C(=O)N(Cc1cccc(N3CCCCC3=O)c1)c1ccccc12. The van der Waals surface area contributed by atoms with Gasteiger partial charge in [0.2, 0.25) is 11.8 Å². The minimum absolute atomic E-state index is 0.104. The van der Waals surface area contributed by atoms with Crippen molar-refractivity contribution in [2.45, 2.75) is 89.4 Å². The second-order valence-electron chi connectivity index (χ2n) is 14.4. The van der Waals surface area contributed by atoms with E-state index in [1.54, 1.807) is 9.80 Å². The van der Waals surface area contributed by atoms with Crippen LogP contribution in [0.3, 0.4) is 0 Å². The van der Waals surface area contributed by atoms with Gasteiger partial charge in [-0.15, -0.1) is 0 Å². The number of hydrogen-bond acceptors (Lipinski definition) is 5. The summed E-state index contributed by atoms with van der Waals surface area (Å²) >= 11 is 0. The van der Waals surface area contributed by atoms with E-state index in [1.807, 2.05) is 84.6 Å². The Morgan fingerprint density at radius 1 is 1.02 bits per heavy atom. The van der Waals surface area contributed by atoms with Crippen LogP contribution >= 0.6 is 0 Å². The van der Waals surface area contributed by atoms with E-state index in [9.17, 15) is 19.5 Å². The molecule has 2 fully saturated rings. The highest BCUT2D eigenvalue weighted by atomic mass is 19.1. The summed E-state index contributed by atoms with van der Waals surface area (Å²) in [6.07, 6.45) is 1.94. The zero-order chi connectivity index (χ0) is 33.8. The molecule has 48 heavy (non-hydrogen) atoms. The van der Waals surface area contributed by atoms with Gasteiger partial charge in [0.1, 0.15) is 5.67 Å². The maximum absolute atomic E-state index is 16.3. The third kappa shape index (κ3) is 5.41. The lowest BCUT2D eigenvalue weighted by atomic mass is 9.71. The van der Waals surface area contributed by atoms with Gasteiger partial charge in [0, 0.05) is 42.6 Å². The van der Waals surface area contributed by atoms with E-state index in [4.69, 9.17) is 4.74 Å². The largest absolute Gasteiger partial charge is 0.394 e. The molecule has 252 valence electrons. The first kappa shape index (κ1) is 32.5. The molecular formula is C39H44FN3O5. The molecule has 0 unspecified atom stereocenters. The molecule has 8 nitrogen and oxygen atoms in total. The number of fused-ring (bicyclic) bond motifs is 3. The highest BCUT2D eigenvalue weighted by molar-refractivity contribution is 6.07. The summed E-state index contributed by atoms with van der Waals surface area (Å²) in [6, 6.07) is 22.8. The van der Waals surface area contributed by atoms with Gasteiger partial charge in [0.05, 0.1) is 37.4 Å². The maximum Gasteiger partial charge on any atom is 0.264 e. The number of aliphatic hydroxyl groups is 1. The van der Waals surface area contributed by atoms with Crippen LogP contribution in [0.4, 0.5) is 15.8 Å². The third-order valence-electron chi connectivity index (χ3n) is 11.0. The molecule has 0 aliphatic carbocycles. The number of piperidine rings is 1. The number of halogens is 1. The monoisotopic (exact) mass is 653 g/mol. The van der Waals surface area contributed by atoms with Crippen LogP contribution in [0.2, 0.25) is 0 Å². The molecule has 4 aliphatic rings. The number of hydrogen-bond donors (Lipinski definition) is 1. The van der Waals surface area contributed by atoms with Gasteiger partial charge in [-0.05, 0) is 68.0 Å². The van der Waals surface area contributed by atoms with Crippen LogP contribution < -0.4 is 9.80 Å². The molecule has 0 bridgehead atoms. The molecule has 2 saturated heterocycles. The van der Waals surface area contributed by atoms with Crippen LogP contribution in [-0.2, 0) is 44.2 Å². The van der Waals surface area contributed by atoms with Gasteiger partial charge in [-0.1, -0.05) is 61.5 Å². The van der Waals surface area contributed by atoms with E-state index in [2.05, 4.69) is 0 Å². The third-order valence-corrected chi connectivity index (χ3v) is 11.0. The van der Waals surface area contributed by atoms with E-state index in [0.717, 1.165) is 35.2 Å². The molecule has 4 heterocycles. The molecule has 9 heteroatoms. The second kappa shape index (κ2) is 12.4. The summed E-state index contributed by atoms with van der Waals surface area (Å²) in [5, 5.41) is 10.2. The van der Waals surface area contributed by atoms with Gasteiger partial charge in [-0.25, -0.2) is 4.39 Å². The molecule has 3 aromatic rings. The van der Waals surface area contributed by atoms with Gasteiger partial charge < -0.3 is 24.5 Å². The summed E-state index contributed by atoms with van der Waals surface area (Å²) in [4.78, 5) is 46.6. The summed E-state index contributed by atoms with van der Waals surface area (Å²) in [5.74, 6) is -1.74. The minimum Gasteiger partial charge on any atom is -0.394 e. The number of rotatable bonds is 7. The Morgan fingerprint density at radius 3 is 2.52 bits per heavy atom. The molecule has 4 aliphatic heterocycles. The van der Waals surface area contributed by atoms with Crippen LogP contribution in [0.1, 0.15) is 68.7 Å². The van der Waals surface area contributed by atoms with Crippen molar-refractivity contribution in [1.82, 2.24) is 4.90 Å². The first-order valence-electron chi connectivity index (χ1n) is 17.2. The van der Waals surface area contributed by atoms with Crippen molar-refractivity contribution in [3.63, 3.8) is 0 Å². The molecule has 0 aromatic heterocycles. The zero-order valence-corrected chi connectivity index (χ0v) is 27.9. The van der Waals surface area contributed by atoms with E-state index >= 15 is 4.39 Å². The fourth-order valence-electron chi connectivity index (χ4n) is 8.77. The Kier molecular flexibility index (Phi) is 8.40. The van der Waals surface area contributed by atoms with Crippen molar-refractivity contribution < 1.29 is 28.6 Å². The molecule has 5 atom stereocenters. The van der Waals surface area contributed by atoms with Gasteiger partial charge in [-0.3, -0.25) is 14.4 Å². The predicted octanol–water partition coefficient (Wildman–Crippen LogP) is 5.68. The van der Waals surface area contributed by atoms with E-state index in [-0.39, 0.29) is 37.3 Å². The molecular weight excluding hydrogens is 609 g/mol. The van der Waals surface area contributed by atoms with Crippen molar-refractivity contribution >= 4 is 29.1 Å². The average molecular weight is 654 g/mol. The molecule has 1 N–H and O–H groups in total. The molecule has 0 radical (unpaired) electrons. The summed E-state index contributed by atoms with van der Waals surface area (Å²) in [5.41, 5.74) is 1.97. The van der Waals surface area contributed by atoms with Crippen molar-refractivity contribution in [3.05, 3.63) is 95.1 Å². The lowest BCUT2D eigenvalue weighted by Crippen LogP contribution is -2.48. The number of anilines is 2. The Balaban J connectivity index is 1.19. The van der Waals surface area contributed by atoms with Gasteiger partial charge in [-0.2, -0.15) is 0 Å². The number of alkyl halides is 1. The van der Waals surface area contributed by atoms with Crippen LogP contribution in [0.15, 0.2) is 72.8 Å². The Bertz CT molecular complexity index is 1740. The number of ether oxygens (including phenoxy) is 1. The lowest BCUT2D eigenvalue weighted by molar-refractivity contribution is -0.151. The number of nitrogens with zero attached hydrogens (tertiary/aromatic N) is 3. The molecule has 3 aromatic carbocycles. The standard InChI is InChI=1S/C39H44FN3O5/c1-25-36(38(2,3)40)33(21-35(46)42-23-28-13-5-4-12-27(28)20-30(42)24-44)48-39(25)31-15-6-7-16-32(31)43(37(39)47)22-26-11-10-14-29(19-26)41-18-9-8-17-34(41)45/h4-7,10-16,19,25,30,33,36,44H,8-9,17-18,20-24H2,1-3H3/t25-,30+,33+,36-,39+/m1/s1. The number of benzene rings is 3.